The van der Waals surface area contributed by atoms with Crippen molar-refractivity contribution in [2.24, 2.45) is 10.7 Å². The van der Waals surface area contributed by atoms with Crippen molar-refractivity contribution < 1.29 is 18.0 Å². The van der Waals surface area contributed by atoms with Gasteiger partial charge in [0, 0.05) is 48.3 Å². The lowest BCUT2D eigenvalue weighted by Crippen LogP contribution is -2.37. The molecular weight excluding hydrogens is 523 g/mol. The zero-order valence-corrected chi connectivity index (χ0v) is 22.2. The summed E-state index contributed by atoms with van der Waals surface area (Å²) in [4.78, 5) is 21.6. The maximum atomic E-state index is 13.7. The van der Waals surface area contributed by atoms with Gasteiger partial charge < -0.3 is 15.5 Å². The van der Waals surface area contributed by atoms with E-state index in [2.05, 4.69) is 11.1 Å². The Hall–Kier alpha value is -3.13. The Bertz CT molecular complexity index is 1290. The fourth-order valence-corrected chi connectivity index (χ4v) is 5.64. The molecule has 0 bridgehead atoms. The first-order valence-corrected chi connectivity index (χ1v) is 12.7. The van der Waals surface area contributed by atoms with Gasteiger partial charge in [-0.05, 0) is 37.7 Å². The largest absolute Gasteiger partial charge is 0.431 e. The molecule has 0 spiro atoms. The number of carbonyl (C=O) groups excluding carboxylic acids is 1. The van der Waals surface area contributed by atoms with Crippen molar-refractivity contribution in [1.82, 2.24) is 9.80 Å². The number of amides is 1. The third-order valence-electron chi connectivity index (χ3n) is 5.82. The number of nitriles is 1. The molecule has 196 valence electrons. The van der Waals surface area contributed by atoms with E-state index in [1.54, 1.807) is 42.2 Å². The zero-order chi connectivity index (χ0) is 27.3. The van der Waals surface area contributed by atoms with Crippen LogP contribution in [0, 0.1) is 11.3 Å². The van der Waals surface area contributed by atoms with Crippen LogP contribution in [0.15, 0.2) is 47.1 Å². The Balaban J connectivity index is 2.19. The van der Waals surface area contributed by atoms with Crippen molar-refractivity contribution in [1.29, 1.82) is 5.26 Å². The Kier molecular flexibility index (Phi) is 9.18. The quantitative estimate of drug-likeness (QED) is 0.380. The summed E-state index contributed by atoms with van der Waals surface area (Å²) < 4.78 is 41.2. The fraction of sp³-hybridized carbons (Fsp3) is 0.346. The number of benzene rings is 1. The van der Waals surface area contributed by atoms with Gasteiger partial charge in [-0.25, -0.2) is 0 Å². The number of nitrogens with two attached hydrogens (primary N) is 1. The molecule has 3 rings (SSSR count). The lowest BCUT2D eigenvalue weighted by atomic mass is 9.83. The fourth-order valence-electron chi connectivity index (χ4n) is 4.11. The zero-order valence-electron chi connectivity index (χ0n) is 20.6. The van der Waals surface area contributed by atoms with E-state index >= 15 is 0 Å². The van der Waals surface area contributed by atoms with E-state index in [0.29, 0.717) is 22.5 Å². The number of likely N-dealkylation sites (N-methyl/N-ethyl adjacent to an activating group) is 1. The topological polar surface area (TPSA) is 85.7 Å². The van der Waals surface area contributed by atoms with Crippen molar-refractivity contribution in [2.75, 3.05) is 33.7 Å². The van der Waals surface area contributed by atoms with Crippen LogP contribution in [0.25, 0.3) is 5.57 Å². The van der Waals surface area contributed by atoms with Gasteiger partial charge in [0.15, 0.2) is 0 Å². The van der Waals surface area contributed by atoms with Gasteiger partial charge in [0.25, 0.3) is 0 Å². The summed E-state index contributed by atoms with van der Waals surface area (Å²) in [6, 6.07) is 8.66. The molecule has 1 aromatic heterocycles. The molecule has 0 aliphatic carbocycles. The predicted molar refractivity (Wildman–Crippen MR) is 142 cm³/mol. The number of hydrogen-bond acceptors (Lipinski definition) is 6. The van der Waals surface area contributed by atoms with E-state index in [1.165, 1.54) is 17.4 Å². The van der Waals surface area contributed by atoms with E-state index in [-0.39, 0.29) is 41.7 Å². The van der Waals surface area contributed by atoms with E-state index < -0.39 is 17.8 Å². The lowest BCUT2D eigenvalue weighted by Gasteiger charge is -2.34. The molecule has 37 heavy (non-hydrogen) atoms. The minimum Gasteiger partial charge on any atom is -0.394 e. The average molecular weight is 550 g/mol. The van der Waals surface area contributed by atoms with Gasteiger partial charge in [-0.1, -0.05) is 41.9 Å². The number of fused-ring (bicyclic) bond motifs is 1. The molecule has 0 radical (unpaired) electrons. The maximum absolute atomic E-state index is 13.7. The van der Waals surface area contributed by atoms with Gasteiger partial charge in [-0.15, -0.1) is 11.3 Å². The summed E-state index contributed by atoms with van der Waals surface area (Å²) in [5.74, 6) is -0.820. The van der Waals surface area contributed by atoms with Gasteiger partial charge in [0.1, 0.15) is 16.6 Å². The number of thiophene rings is 1. The maximum Gasteiger partial charge on any atom is 0.431 e. The molecule has 0 fully saturated rings. The molecule has 2 N–H and O–H groups in total. The first kappa shape index (κ1) is 28.4. The Morgan fingerprint density at radius 1 is 1.38 bits per heavy atom. The molecule has 2 heterocycles. The van der Waals surface area contributed by atoms with Gasteiger partial charge in [-0.2, -0.15) is 18.4 Å². The Morgan fingerprint density at radius 3 is 2.70 bits per heavy atom. The molecule has 0 saturated heterocycles. The second kappa shape index (κ2) is 11.9. The minimum absolute atomic E-state index is 0.167. The Labute approximate surface area is 223 Å². The van der Waals surface area contributed by atoms with Crippen LogP contribution < -0.4 is 5.73 Å². The van der Waals surface area contributed by atoms with E-state index in [1.807, 2.05) is 19.0 Å². The molecule has 11 heteroatoms. The molecule has 1 aromatic carbocycles. The van der Waals surface area contributed by atoms with Crippen molar-refractivity contribution in [3.05, 3.63) is 73.6 Å². The average Bonchev–Trinajstić information content (AvgIpc) is 3.18. The summed E-state index contributed by atoms with van der Waals surface area (Å²) in [5, 5.41) is 9.84. The number of rotatable bonds is 7. The highest BCUT2D eigenvalue weighted by molar-refractivity contribution is 7.13. The normalized spacial score (nSPS) is 16.8. The van der Waals surface area contributed by atoms with E-state index in [4.69, 9.17) is 17.3 Å². The predicted octanol–water partition coefficient (Wildman–Crippen LogP) is 5.19. The molecule has 1 atom stereocenters. The third-order valence-corrected chi connectivity index (χ3v) is 7.42. The number of alkyl halides is 3. The van der Waals surface area contributed by atoms with Crippen LogP contribution in [-0.2, 0) is 11.3 Å². The van der Waals surface area contributed by atoms with Gasteiger partial charge in [-0.3, -0.25) is 9.79 Å². The highest BCUT2D eigenvalue weighted by Crippen LogP contribution is 2.46. The van der Waals surface area contributed by atoms with Crippen LogP contribution in [0.5, 0.6) is 0 Å². The Morgan fingerprint density at radius 2 is 2.08 bits per heavy atom. The van der Waals surface area contributed by atoms with Gasteiger partial charge in [0.05, 0.1) is 11.6 Å². The van der Waals surface area contributed by atoms with Crippen molar-refractivity contribution in [3.63, 3.8) is 0 Å². The number of allylic oxidation sites excluding steroid dienone is 2. The van der Waals surface area contributed by atoms with Crippen LogP contribution in [-0.4, -0.2) is 61.8 Å². The molecule has 1 unspecified atom stereocenters. The number of halogens is 4. The lowest BCUT2D eigenvalue weighted by molar-refractivity contribution is -0.127. The second-order valence-corrected chi connectivity index (χ2v) is 10.2. The molecule has 1 aliphatic rings. The molecule has 2 aromatic rings. The summed E-state index contributed by atoms with van der Waals surface area (Å²) in [6.45, 7) is 2.96. The minimum atomic E-state index is -4.77. The van der Waals surface area contributed by atoms with Crippen molar-refractivity contribution in [2.45, 2.75) is 25.6 Å². The van der Waals surface area contributed by atoms with Crippen molar-refractivity contribution in [3.8, 4) is 6.07 Å². The van der Waals surface area contributed by atoms with Gasteiger partial charge in [0.2, 0.25) is 5.91 Å². The van der Waals surface area contributed by atoms with Gasteiger partial charge >= 0.3 is 6.18 Å². The highest BCUT2D eigenvalue weighted by atomic mass is 35.5. The molecule has 1 amide bonds. The monoisotopic (exact) mass is 549 g/mol. The summed E-state index contributed by atoms with van der Waals surface area (Å²) >= 11 is 7.79. The summed E-state index contributed by atoms with van der Waals surface area (Å²) in [6.07, 6.45) is -0.411. The van der Waals surface area contributed by atoms with E-state index in [0.717, 1.165) is 11.1 Å². The van der Waals surface area contributed by atoms with Crippen molar-refractivity contribution >= 4 is 40.6 Å². The summed E-state index contributed by atoms with van der Waals surface area (Å²) in [5.41, 5.74) is 5.46. The molecule has 1 aliphatic heterocycles. The molecule has 6 nitrogen and oxygen atoms in total. The van der Waals surface area contributed by atoms with E-state index in [9.17, 15) is 23.2 Å². The first-order valence-electron chi connectivity index (χ1n) is 11.5. The van der Waals surface area contributed by atoms with Crippen LogP contribution >= 0.6 is 22.9 Å². The van der Waals surface area contributed by atoms with Crippen LogP contribution in [0.4, 0.5) is 13.2 Å². The highest BCUT2D eigenvalue weighted by Gasteiger charge is 2.38. The number of nitrogens with zero attached hydrogens (tertiary/aromatic N) is 4. The SMILES string of the molecule is CCN=CC(=C(N)C(F)(F)F)c1ccccc1C1CN(C(=O)/C=C/CN(C)C)Cc2sc(C#N)c(Cl)c21. The summed E-state index contributed by atoms with van der Waals surface area (Å²) in [7, 11) is 3.76. The van der Waals surface area contributed by atoms with Crippen LogP contribution in [0.1, 0.15) is 39.3 Å². The molecular formula is C26H27ClF3N5OS. The number of aliphatic imine (C=N–C) groups is 1. The second-order valence-electron chi connectivity index (χ2n) is 8.67. The third kappa shape index (κ3) is 6.42. The first-order chi connectivity index (χ1) is 17.5. The van der Waals surface area contributed by atoms with Crippen LogP contribution in [0.3, 0.4) is 0 Å². The molecule has 0 saturated carbocycles. The standard InChI is InChI=1S/C26H27ClF3N5OS/c1-4-33-13-18(25(32)26(28,29)30)16-8-5-6-9-17(16)19-14-35(22(36)10-7-11-34(2)3)15-21-23(19)24(27)20(12-31)37-21/h5-10,13,19H,4,11,14-15,32H2,1-3H3/b10-7+,25-18?,33-13?. The van der Waals surface area contributed by atoms with Crippen LogP contribution in [0.2, 0.25) is 5.02 Å². The number of hydrogen-bond donors (Lipinski definition) is 1. The number of carbonyl (C=O) groups is 1. The smallest absolute Gasteiger partial charge is 0.394 e.